The van der Waals surface area contributed by atoms with E-state index in [0.29, 0.717) is 0 Å². The number of aliphatic carboxylic acids is 1. The van der Waals surface area contributed by atoms with Gasteiger partial charge in [-0.05, 0) is 26.3 Å². The van der Waals surface area contributed by atoms with Crippen molar-refractivity contribution in [3.8, 4) is 0 Å². The lowest BCUT2D eigenvalue weighted by Crippen LogP contribution is -2.07. The topological polar surface area (TPSA) is 37.3 Å². The van der Waals surface area contributed by atoms with E-state index in [1.165, 1.54) is 0 Å². The summed E-state index contributed by atoms with van der Waals surface area (Å²) in [6, 6.07) is 5.88. The lowest BCUT2D eigenvalue weighted by atomic mass is 9.97. The van der Waals surface area contributed by atoms with Gasteiger partial charge in [0.15, 0.2) is 0 Å². The highest BCUT2D eigenvalue weighted by Gasteiger charge is 2.13. The van der Waals surface area contributed by atoms with Gasteiger partial charge in [-0.3, -0.25) is 4.79 Å². The van der Waals surface area contributed by atoms with Crippen LogP contribution in [0.2, 0.25) is 0 Å². The van der Waals surface area contributed by atoms with E-state index >= 15 is 0 Å². The molecule has 2 heteroatoms. The summed E-state index contributed by atoms with van der Waals surface area (Å²) in [4.78, 5) is 10.7. The zero-order valence-electron chi connectivity index (χ0n) is 8.16. The Labute approximate surface area is 78.2 Å². The summed E-state index contributed by atoms with van der Waals surface area (Å²) in [5, 5.41) is 8.82. The third-order valence-electron chi connectivity index (χ3n) is 2.11. The normalized spacial score (nSPS) is 12.5. The quantitative estimate of drug-likeness (QED) is 0.755. The SMILES string of the molecule is Cc1cc(C)cc([C@@H](C)C(=O)O)c1. The molecule has 1 atom stereocenters. The van der Waals surface area contributed by atoms with Crippen LogP contribution in [0.1, 0.15) is 29.5 Å². The first-order valence-corrected chi connectivity index (χ1v) is 4.31. The van der Waals surface area contributed by atoms with Crippen molar-refractivity contribution >= 4 is 5.97 Å². The van der Waals surface area contributed by atoms with Crippen LogP contribution in [0.25, 0.3) is 0 Å². The van der Waals surface area contributed by atoms with Gasteiger partial charge in [0.1, 0.15) is 0 Å². The van der Waals surface area contributed by atoms with Gasteiger partial charge in [-0.15, -0.1) is 0 Å². The van der Waals surface area contributed by atoms with Crippen molar-refractivity contribution in [3.63, 3.8) is 0 Å². The second-order valence-electron chi connectivity index (χ2n) is 3.48. The summed E-state index contributed by atoms with van der Waals surface area (Å²) in [7, 11) is 0. The molecule has 1 aromatic rings. The monoisotopic (exact) mass is 178 g/mol. The van der Waals surface area contributed by atoms with Crippen molar-refractivity contribution in [2.24, 2.45) is 0 Å². The molecule has 0 heterocycles. The van der Waals surface area contributed by atoms with E-state index in [1.807, 2.05) is 32.0 Å². The van der Waals surface area contributed by atoms with Crippen molar-refractivity contribution in [1.29, 1.82) is 0 Å². The third kappa shape index (κ3) is 2.31. The Morgan fingerprint density at radius 3 is 2.08 bits per heavy atom. The summed E-state index contributed by atoms with van der Waals surface area (Å²) in [6.45, 7) is 5.66. The molecule has 0 radical (unpaired) electrons. The number of carboxylic acids is 1. The van der Waals surface area contributed by atoms with Crippen LogP contribution in [0, 0.1) is 13.8 Å². The van der Waals surface area contributed by atoms with E-state index in [1.54, 1.807) is 6.92 Å². The van der Waals surface area contributed by atoms with Crippen molar-refractivity contribution in [2.45, 2.75) is 26.7 Å². The summed E-state index contributed by atoms with van der Waals surface area (Å²) in [5.41, 5.74) is 3.11. The second kappa shape index (κ2) is 3.60. The predicted molar refractivity (Wildman–Crippen MR) is 52.0 cm³/mol. The maximum atomic E-state index is 10.7. The highest BCUT2D eigenvalue weighted by molar-refractivity contribution is 5.75. The number of benzene rings is 1. The molecular formula is C11H14O2. The van der Waals surface area contributed by atoms with Crippen LogP contribution in [-0.2, 0) is 4.79 Å². The molecule has 0 saturated heterocycles. The molecular weight excluding hydrogens is 164 g/mol. The molecule has 0 fully saturated rings. The van der Waals surface area contributed by atoms with Crippen molar-refractivity contribution < 1.29 is 9.90 Å². The molecule has 0 unspecified atom stereocenters. The highest BCUT2D eigenvalue weighted by atomic mass is 16.4. The van der Waals surface area contributed by atoms with Gasteiger partial charge in [0, 0.05) is 0 Å². The molecule has 1 aromatic carbocycles. The third-order valence-corrected chi connectivity index (χ3v) is 2.11. The Balaban J connectivity index is 3.07. The molecule has 70 valence electrons. The minimum atomic E-state index is -0.773. The molecule has 0 aliphatic carbocycles. The molecule has 0 aromatic heterocycles. The molecule has 1 N–H and O–H groups in total. The van der Waals surface area contributed by atoms with Crippen LogP contribution < -0.4 is 0 Å². The van der Waals surface area contributed by atoms with Gasteiger partial charge in [0.25, 0.3) is 0 Å². The Morgan fingerprint density at radius 2 is 1.69 bits per heavy atom. The molecule has 0 spiro atoms. The van der Waals surface area contributed by atoms with E-state index in [0.717, 1.165) is 16.7 Å². The molecule has 13 heavy (non-hydrogen) atoms. The van der Waals surface area contributed by atoms with Crippen molar-refractivity contribution in [3.05, 3.63) is 34.9 Å². The molecule has 2 nitrogen and oxygen atoms in total. The lowest BCUT2D eigenvalue weighted by molar-refractivity contribution is -0.138. The number of hydrogen-bond donors (Lipinski definition) is 1. The molecule has 0 bridgehead atoms. The van der Waals surface area contributed by atoms with Crippen LogP contribution in [0.3, 0.4) is 0 Å². The van der Waals surface area contributed by atoms with Gasteiger partial charge >= 0.3 is 5.97 Å². The number of carboxylic acid groups (broad SMARTS) is 1. The average Bonchev–Trinajstić information content (AvgIpc) is 2.01. The minimum absolute atomic E-state index is 0.418. The summed E-state index contributed by atoms with van der Waals surface area (Å²) < 4.78 is 0. The van der Waals surface area contributed by atoms with Crippen LogP contribution in [0.15, 0.2) is 18.2 Å². The highest BCUT2D eigenvalue weighted by Crippen LogP contribution is 2.18. The fourth-order valence-corrected chi connectivity index (χ4v) is 1.40. The standard InChI is InChI=1S/C11H14O2/c1-7-4-8(2)6-10(5-7)9(3)11(12)13/h4-6,9H,1-3H3,(H,12,13)/t9-/m1/s1. The van der Waals surface area contributed by atoms with Gasteiger partial charge in [-0.1, -0.05) is 29.3 Å². The first-order valence-electron chi connectivity index (χ1n) is 4.31. The number of rotatable bonds is 2. The van der Waals surface area contributed by atoms with Crippen LogP contribution in [0.5, 0.6) is 0 Å². The lowest BCUT2D eigenvalue weighted by Gasteiger charge is -2.08. The van der Waals surface area contributed by atoms with Gasteiger partial charge in [-0.2, -0.15) is 0 Å². The van der Waals surface area contributed by atoms with E-state index in [9.17, 15) is 4.79 Å². The minimum Gasteiger partial charge on any atom is -0.481 e. The number of aryl methyl sites for hydroxylation is 2. The molecule has 0 saturated carbocycles. The zero-order valence-corrected chi connectivity index (χ0v) is 8.16. The Hall–Kier alpha value is -1.31. The zero-order chi connectivity index (χ0) is 10.0. The Kier molecular flexibility index (Phi) is 2.71. The summed E-state index contributed by atoms with van der Waals surface area (Å²) >= 11 is 0. The van der Waals surface area contributed by atoms with Crippen LogP contribution in [-0.4, -0.2) is 11.1 Å². The van der Waals surface area contributed by atoms with Crippen LogP contribution in [0.4, 0.5) is 0 Å². The number of hydrogen-bond acceptors (Lipinski definition) is 1. The molecule has 0 aliphatic rings. The predicted octanol–water partition coefficient (Wildman–Crippen LogP) is 2.49. The first-order chi connectivity index (χ1) is 6.00. The fraction of sp³-hybridized carbons (Fsp3) is 0.364. The summed E-state index contributed by atoms with van der Waals surface area (Å²) in [5.74, 6) is -1.19. The van der Waals surface area contributed by atoms with Crippen LogP contribution >= 0.6 is 0 Å². The molecule has 0 aliphatic heterocycles. The van der Waals surface area contributed by atoms with E-state index < -0.39 is 11.9 Å². The van der Waals surface area contributed by atoms with Crippen molar-refractivity contribution in [2.75, 3.05) is 0 Å². The van der Waals surface area contributed by atoms with Gasteiger partial charge in [-0.25, -0.2) is 0 Å². The van der Waals surface area contributed by atoms with E-state index in [4.69, 9.17) is 5.11 Å². The second-order valence-corrected chi connectivity index (χ2v) is 3.48. The van der Waals surface area contributed by atoms with E-state index in [2.05, 4.69) is 0 Å². The summed E-state index contributed by atoms with van der Waals surface area (Å²) in [6.07, 6.45) is 0. The molecule has 0 amide bonds. The smallest absolute Gasteiger partial charge is 0.310 e. The Bertz CT molecular complexity index is 309. The Morgan fingerprint density at radius 1 is 1.23 bits per heavy atom. The first kappa shape index (κ1) is 9.78. The van der Waals surface area contributed by atoms with E-state index in [-0.39, 0.29) is 0 Å². The van der Waals surface area contributed by atoms with Gasteiger partial charge < -0.3 is 5.11 Å². The molecule has 1 rings (SSSR count). The number of carbonyl (C=O) groups is 1. The van der Waals surface area contributed by atoms with Gasteiger partial charge in [0.05, 0.1) is 5.92 Å². The van der Waals surface area contributed by atoms with Crippen molar-refractivity contribution in [1.82, 2.24) is 0 Å². The maximum absolute atomic E-state index is 10.7. The largest absolute Gasteiger partial charge is 0.481 e. The average molecular weight is 178 g/mol. The fourth-order valence-electron chi connectivity index (χ4n) is 1.40. The van der Waals surface area contributed by atoms with Gasteiger partial charge in [0.2, 0.25) is 0 Å². The maximum Gasteiger partial charge on any atom is 0.310 e.